The summed E-state index contributed by atoms with van der Waals surface area (Å²) in [6, 6.07) is 8.66. The van der Waals surface area contributed by atoms with E-state index in [1.807, 2.05) is 0 Å². The SMILES string of the molecule is CC1C(Br)C=CC2c3ccccc3NC21C. The maximum Gasteiger partial charge on any atom is 0.0488 e. The van der Waals surface area contributed by atoms with E-state index >= 15 is 0 Å². The molecule has 1 aromatic rings. The summed E-state index contributed by atoms with van der Waals surface area (Å²) in [5.41, 5.74) is 2.88. The lowest BCUT2D eigenvalue weighted by molar-refractivity contribution is 0.329. The van der Waals surface area contributed by atoms with Crippen molar-refractivity contribution < 1.29 is 0 Å². The van der Waals surface area contributed by atoms with Gasteiger partial charge in [-0.1, -0.05) is 53.2 Å². The van der Waals surface area contributed by atoms with E-state index in [-0.39, 0.29) is 5.54 Å². The fourth-order valence-corrected chi connectivity index (χ4v) is 3.71. The Morgan fingerprint density at radius 1 is 1.25 bits per heavy atom. The summed E-state index contributed by atoms with van der Waals surface area (Å²) in [6.45, 7) is 4.65. The predicted molar refractivity (Wildman–Crippen MR) is 72.2 cm³/mol. The van der Waals surface area contributed by atoms with Gasteiger partial charge in [0.2, 0.25) is 0 Å². The maximum absolute atomic E-state index is 3.74. The van der Waals surface area contributed by atoms with Crippen LogP contribution in [0, 0.1) is 5.92 Å². The molecular weight excluding hydrogens is 262 g/mol. The van der Waals surface area contributed by atoms with Crippen LogP contribution in [0.1, 0.15) is 25.3 Å². The zero-order chi connectivity index (χ0) is 11.3. The van der Waals surface area contributed by atoms with Crippen molar-refractivity contribution in [2.45, 2.75) is 30.1 Å². The summed E-state index contributed by atoms with van der Waals surface area (Å²) < 4.78 is 0. The molecule has 0 radical (unpaired) electrons. The number of allylic oxidation sites excluding steroid dienone is 1. The fraction of sp³-hybridized carbons (Fsp3) is 0.429. The molecule has 1 aromatic carbocycles. The molecule has 16 heavy (non-hydrogen) atoms. The Bertz CT molecular complexity index is 454. The molecule has 1 N–H and O–H groups in total. The average Bonchev–Trinajstić information content (AvgIpc) is 2.58. The van der Waals surface area contributed by atoms with Crippen molar-refractivity contribution in [2.24, 2.45) is 5.92 Å². The number of fused-ring (bicyclic) bond motifs is 3. The topological polar surface area (TPSA) is 12.0 Å². The van der Waals surface area contributed by atoms with Crippen LogP contribution in [0.15, 0.2) is 36.4 Å². The van der Waals surface area contributed by atoms with E-state index in [1.54, 1.807) is 0 Å². The highest BCUT2D eigenvalue weighted by molar-refractivity contribution is 9.09. The molecule has 4 unspecified atom stereocenters. The van der Waals surface area contributed by atoms with Gasteiger partial charge in [0.1, 0.15) is 0 Å². The first-order valence-electron chi connectivity index (χ1n) is 5.82. The first-order chi connectivity index (χ1) is 7.63. The Morgan fingerprint density at radius 3 is 2.81 bits per heavy atom. The third kappa shape index (κ3) is 1.22. The summed E-state index contributed by atoms with van der Waals surface area (Å²) in [5, 5.41) is 3.71. The Balaban J connectivity index is 2.13. The molecule has 0 spiro atoms. The van der Waals surface area contributed by atoms with Gasteiger partial charge in [-0.3, -0.25) is 0 Å². The van der Waals surface area contributed by atoms with Crippen LogP contribution in [0.5, 0.6) is 0 Å². The molecule has 84 valence electrons. The van der Waals surface area contributed by atoms with Crippen molar-refractivity contribution in [3.05, 3.63) is 42.0 Å². The number of hydrogen-bond donors (Lipinski definition) is 1. The zero-order valence-corrected chi connectivity index (χ0v) is 11.2. The van der Waals surface area contributed by atoms with Crippen molar-refractivity contribution in [3.63, 3.8) is 0 Å². The molecule has 4 atom stereocenters. The standard InChI is InChI=1S/C14H16BrN/c1-9-12(15)8-7-11-10-5-3-4-6-13(10)16-14(9,11)2/h3-9,11-12,16H,1-2H3. The lowest BCUT2D eigenvalue weighted by atomic mass is 9.71. The molecule has 1 heterocycles. The zero-order valence-electron chi connectivity index (χ0n) is 9.57. The van der Waals surface area contributed by atoms with Crippen molar-refractivity contribution >= 4 is 21.6 Å². The van der Waals surface area contributed by atoms with E-state index in [1.165, 1.54) is 11.3 Å². The molecule has 1 aliphatic carbocycles. The Morgan fingerprint density at radius 2 is 2.00 bits per heavy atom. The van der Waals surface area contributed by atoms with Crippen LogP contribution < -0.4 is 5.32 Å². The second-order valence-electron chi connectivity index (χ2n) is 5.09. The van der Waals surface area contributed by atoms with E-state index < -0.39 is 0 Å². The van der Waals surface area contributed by atoms with Crippen molar-refractivity contribution in [3.8, 4) is 0 Å². The van der Waals surface area contributed by atoms with Crippen molar-refractivity contribution in [1.29, 1.82) is 0 Å². The Labute approximate surface area is 105 Å². The largest absolute Gasteiger partial charge is 0.378 e. The van der Waals surface area contributed by atoms with Crippen LogP contribution >= 0.6 is 15.9 Å². The normalized spacial score (nSPS) is 40.1. The minimum Gasteiger partial charge on any atom is -0.378 e. The molecule has 3 rings (SSSR count). The molecule has 1 aliphatic heterocycles. The van der Waals surface area contributed by atoms with Crippen molar-refractivity contribution in [1.82, 2.24) is 0 Å². The molecule has 0 saturated carbocycles. The van der Waals surface area contributed by atoms with Gasteiger partial charge in [-0.2, -0.15) is 0 Å². The van der Waals surface area contributed by atoms with Gasteiger partial charge in [-0.15, -0.1) is 0 Å². The van der Waals surface area contributed by atoms with Crippen LogP contribution in [0.25, 0.3) is 0 Å². The number of rotatable bonds is 0. The number of benzene rings is 1. The van der Waals surface area contributed by atoms with Crippen LogP contribution in [0.2, 0.25) is 0 Å². The molecular formula is C14H16BrN. The second kappa shape index (κ2) is 3.36. The predicted octanol–water partition coefficient (Wildman–Crippen LogP) is 3.92. The number of anilines is 1. The molecule has 2 aliphatic rings. The average molecular weight is 278 g/mol. The highest BCUT2D eigenvalue weighted by Crippen LogP contribution is 2.51. The number of halogens is 1. The first kappa shape index (κ1) is 10.4. The first-order valence-corrected chi connectivity index (χ1v) is 6.74. The monoisotopic (exact) mass is 277 g/mol. The number of nitrogens with one attached hydrogen (secondary N) is 1. The molecule has 0 fully saturated rings. The molecule has 0 bridgehead atoms. The molecule has 1 nitrogen and oxygen atoms in total. The summed E-state index contributed by atoms with van der Waals surface area (Å²) >= 11 is 3.74. The van der Waals surface area contributed by atoms with Crippen molar-refractivity contribution in [2.75, 3.05) is 5.32 Å². The molecule has 0 amide bonds. The number of para-hydroxylation sites is 1. The van der Waals surface area contributed by atoms with Crippen LogP contribution in [-0.4, -0.2) is 10.4 Å². The fourth-order valence-electron chi connectivity index (χ4n) is 2.99. The van der Waals surface area contributed by atoms with Crippen LogP contribution in [0.3, 0.4) is 0 Å². The minimum absolute atomic E-state index is 0.145. The third-order valence-electron chi connectivity index (χ3n) is 4.26. The Kier molecular flexibility index (Phi) is 2.19. The van der Waals surface area contributed by atoms with E-state index in [0.717, 1.165) is 0 Å². The molecule has 2 heteroatoms. The highest BCUT2D eigenvalue weighted by Gasteiger charge is 2.48. The summed E-state index contributed by atoms with van der Waals surface area (Å²) in [5.74, 6) is 1.09. The van der Waals surface area contributed by atoms with Crippen LogP contribution in [0.4, 0.5) is 5.69 Å². The van der Waals surface area contributed by atoms with Gasteiger partial charge >= 0.3 is 0 Å². The third-order valence-corrected chi connectivity index (χ3v) is 5.36. The number of alkyl halides is 1. The van der Waals surface area contributed by atoms with Gasteiger partial charge in [0.15, 0.2) is 0 Å². The molecule has 0 aromatic heterocycles. The second-order valence-corrected chi connectivity index (χ2v) is 6.15. The smallest absolute Gasteiger partial charge is 0.0488 e. The van der Waals surface area contributed by atoms with Gasteiger partial charge in [-0.05, 0) is 24.5 Å². The van der Waals surface area contributed by atoms with Gasteiger partial charge < -0.3 is 5.32 Å². The minimum atomic E-state index is 0.145. The van der Waals surface area contributed by atoms with E-state index in [4.69, 9.17) is 0 Å². The number of hydrogen-bond acceptors (Lipinski definition) is 1. The van der Waals surface area contributed by atoms with E-state index in [0.29, 0.717) is 16.7 Å². The van der Waals surface area contributed by atoms with Gasteiger partial charge in [0, 0.05) is 22.0 Å². The van der Waals surface area contributed by atoms with Gasteiger partial charge in [0.25, 0.3) is 0 Å². The maximum atomic E-state index is 3.74. The van der Waals surface area contributed by atoms with E-state index in [2.05, 4.69) is 71.5 Å². The quantitative estimate of drug-likeness (QED) is 0.560. The van der Waals surface area contributed by atoms with Crippen LogP contribution in [-0.2, 0) is 0 Å². The van der Waals surface area contributed by atoms with Gasteiger partial charge in [-0.25, -0.2) is 0 Å². The lowest BCUT2D eigenvalue weighted by Gasteiger charge is -2.41. The Hall–Kier alpha value is -0.760. The summed E-state index contributed by atoms with van der Waals surface area (Å²) in [4.78, 5) is 0.468. The van der Waals surface area contributed by atoms with Gasteiger partial charge in [0.05, 0.1) is 0 Å². The molecule has 0 saturated heterocycles. The van der Waals surface area contributed by atoms with E-state index in [9.17, 15) is 0 Å². The lowest BCUT2D eigenvalue weighted by Crippen LogP contribution is -2.47. The highest BCUT2D eigenvalue weighted by atomic mass is 79.9. The summed E-state index contributed by atoms with van der Waals surface area (Å²) in [7, 11) is 0. The summed E-state index contributed by atoms with van der Waals surface area (Å²) in [6.07, 6.45) is 4.64.